The van der Waals surface area contributed by atoms with Crippen LogP contribution < -0.4 is 10.5 Å². The van der Waals surface area contributed by atoms with Gasteiger partial charge in [0.15, 0.2) is 5.75 Å². The molecule has 1 aromatic rings. The highest BCUT2D eigenvalue weighted by molar-refractivity contribution is 7.80. The van der Waals surface area contributed by atoms with E-state index < -0.39 is 4.92 Å². The Balaban J connectivity index is 2.90. The molecule has 0 spiro atoms. The average molecular weight is 268 g/mol. The second kappa shape index (κ2) is 6.30. The van der Waals surface area contributed by atoms with Crippen molar-refractivity contribution in [2.75, 3.05) is 6.61 Å². The highest BCUT2D eigenvalue weighted by Crippen LogP contribution is 2.28. The van der Waals surface area contributed by atoms with E-state index in [0.717, 1.165) is 6.42 Å². The molecule has 0 heterocycles. The van der Waals surface area contributed by atoms with Crippen molar-refractivity contribution in [3.05, 3.63) is 33.9 Å². The van der Waals surface area contributed by atoms with Crippen LogP contribution in [0.2, 0.25) is 0 Å². The molecule has 0 amide bonds. The van der Waals surface area contributed by atoms with E-state index in [2.05, 4.69) is 13.8 Å². The minimum absolute atomic E-state index is 0.107. The van der Waals surface area contributed by atoms with Gasteiger partial charge < -0.3 is 10.5 Å². The second-order valence-corrected chi connectivity index (χ2v) is 4.77. The van der Waals surface area contributed by atoms with E-state index in [1.807, 2.05) is 0 Å². The van der Waals surface area contributed by atoms with Crippen LogP contribution >= 0.6 is 12.2 Å². The highest BCUT2D eigenvalue weighted by atomic mass is 32.1. The molecule has 0 fully saturated rings. The van der Waals surface area contributed by atoms with E-state index in [1.165, 1.54) is 12.1 Å². The minimum atomic E-state index is -0.494. The van der Waals surface area contributed by atoms with Crippen molar-refractivity contribution >= 4 is 22.9 Å². The number of nitrogens with zero attached hydrogens (tertiary/aromatic N) is 1. The lowest BCUT2D eigenvalue weighted by Gasteiger charge is -2.09. The fourth-order valence-corrected chi connectivity index (χ4v) is 1.47. The summed E-state index contributed by atoms with van der Waals surface area (Å²) in [6.07, 6.45) is 0.841. The molecule has 98 valence electrons. The van der Waals surface area contributed by atoms with E-state index in [1.54, 1.807) is 6.07 Å². The smallest absolute Gasteiger partial charge is 0.311 e. The average Bonchev–Trinajstić information content (AvgIpc) is 2.28. The molecule has 0 aliphatic carbocycles. The molecule has 18 heavy (non-hydrogen) atoms. The Morgan fingerprint density at radius 1 is 1.56 bits per heavy atom. The van der Waals surface area contributed by atoms with Crippen molar-refractivity contribution in [1.82, 2.24) is 0 Å². The van der Waals surface area contributed by atoms with E-state index in [-0.39, 0.29) is 16.4 Å². The largest absolute Gasteiger partial charge is 0.487 e. The van der Waals surface area contributed by atoms with Gasteiger partial charge in [-0.05, 0) is 24.5 Å². The van der Waals surface area contributed by atoms with Gasteiger partial charge in [0.25, 0.3) is 0 Å². The van der Waals surface area contributed by atoms with Crippen LogP contribution in [0, 0.1) is 16.0 Å². The predicted molar refractivity (Wildman–Crippen MR) is 73.9 cm³/mol. The molecule has 2 N–H and O–H groups in total. The zero-order valence-electron chi connectivity index (χ0n) is 10.4. The summed E-state index contributed by atoms with van der Waals surface area (Å²) in [5.74, 6) is 0.737. The number of nitro groups is 1. The summed E-state index contributed by atoms with van der Waals surface area (Å²) in [7, 11) is 0. The van der Waals surface area contributed by atoms with Crippen LogP contribution in [0.4, 0.5) is 5.69 Å². The van der Waals surface area contributed by atoms with Crippen LogP contribution in [-0.4, -0.2) is 16.5 Å². The number of thiocarbonyl (C=S) groups is 1. The Hall–Kier alpha value is -1.69. The molecule has 1 aromatic carbocycles. The summed E-state index contributed by atoms with van der Waals surface area (Å²) in [6, 6.07) is 4.50. The van der Waals surface area contributed by atoms with Crippen LogP contribution in [0.3, 0.4) is 0 Å². The number of nitrogens with two attached hydrogens (primary N) is 1. The fraction of sp³-hybridized carbons (Fsp3) is 0.417. The summed E-state index contributed by atoms with van der Waals surface area (Å²) in [5, 5.41) is 10.9. The molecule has 6 heteroatoms. The molecule has 0 saturated carbocycles. The number of hydrogen-bond donors (Lipinski definition) is 1. The van der Waals surface area contributed by atoms with Gasteiger partial charge in [0.2, 0.25) is 0 Å². The van der Waals surface area contributed by atoms with Crippen LogP contribution in [0.5, 0.6) is 5.75 Å². The number of rotatable bonds is 6. The summed E-state index contributed by atoms with van der Waals surface area (Å²) in [6.45, 7) is 4.58. The lowest BCUT2D eigenvalue weighted by atomic mass is 10.1. The highest BCUT2D eigenvalue weighted by Gasteiger charge is 2.16. The molecule has 0 aromatic heterocycles. The van der Waals surface area contributed by atoms with Crippen LogP contribution in [0.25, 0.3) is 0 Å². The maximum absolute atomic E-state index is 10.9. The summed E-state index contributed by atoms with van der Waals surface area (Å²) < 4.78 is 5.42. The number of benzene rings is 1. The molecule has 0 aliphatic heterocycles. The summed E-state index contributed by atoms with van der Waals surface area (Å²) in [5.41, 5.74) is 5.80. The van der Waals surface area contributed by atoms with Crippen molar-refractivity contribution in [3.8, 4) is 5.75 Å². The Morgan fingerprint density at radius 3 is 2.72 bits per heavy atom. The first-order valence-corrected chi connectivity index (χ1v) is 6.03. The van der Waals surface area contributed by atoms with Crippen LogP contribution in [-0.2, 0) is 0 Å². The lowest BCUT2D eigenvalue weighted by Crippen LogP contribution is -2.10. The molecule has 5 nitrogen and oxygen atoms in total. The fourth-order valence-electron chi connectivity index (χ4n) is 1.34. The van der Waals surface area contributed by atoms with Crippen molar-refractivity contribution < 1.29 is 9.66 Å². The van der Waals surface area contributed by atoms with E-state index in [9.17, 15) is 10.1 Å². The molecule has 0 saturated heterocycles. The number of hydrogen-bond acceptors (Lipinski definition) is 4. The molecule has 1 rings (SSSR count). The van der Waals surface area contributed by atoms with Gasteiger partial charge in [-0.15, -0.1) is 0 Å². The summed E-state index contributed by atoms with van der Waals surface area (Å²) in [4.78, 5) is 10.6. The van der Waals surface area contributed by atoms with E-state index >= 15 is 0 Å². The topological polar surface area (TPSA) is 78.4 Å². The Labute approximate surface area is 111 Å². The van der Waals surface area contributed by atoms with E-state index in [4.69, 9.17) is 22.7 Å². The first-order chi connectivity index (χ1) is 8.41. The lowest BCUT2D eigenvalue weighted by molar-refractivity contribution is -0.385. The van der Waals surface area contributed by atoms with E-state index in [0.29, 0.717) is 18.1 Å². The van der Waals surface area contributed by atoms with Gasteiger partial charge in [0, 0.05) is 11.6 Å². The Bertz CT molecular complexity index is 461. The first kappa shape index (κ1) is 14.4. The van der Waals surface area contributed by atoms with Gasteiger partial charge in [-0.3, -0.25) is 10.1 Å². The van der Waals surface area contributed by atoms with Crippen LogP contribution in [0.1, 0.15) is 25.8 Å². The van der Waals surface area contributed by atoms with Crippen LogP contribution in [0.15, 0.2) is 18.2 Å². The SMILES string of the molecule is CC(C)CCOc1ccc(C(N)=S)cc1[N+](=O)[O-]. The van der Waals surface area contributed by atoms with Crippen molar-refractivity contribution in [3.63, 3.8) is 0 Å². The van der Waals surface area contributed by atoms with Gasteiger partial charge in [-0.1, -0.05) is 26.1 Å². The van der Waals surface area contributed by atoms with Gasteiger partial charge in [0.05, 0.1) is 11.5 Å². The standard InChI is InChI=1S/C12H16N2O3S/c1-8(2)5-6-17-11-4-3-9(12(13)18)7-10(11)14(15)16/h3-4,7-8H,5-6H2,1-2H3,(H2,13,18). The normalized spacial score (nSPS) is 10.4. The molecule has 0 unspecified atom stereocenters. The predicted octanol–water partition coefficient (Wildman–Crippen LogP) is 2.65. The third kappa shape index (κ3) is 3.96. The quantitative estimate of drug-likeness (QED) is 0.487. The minimum Gasteiger partial charge on any atom is -0.487 e. The molecular weight excluding hydrogens is 252 g/mol. The number of ether oxygens (including phenoxy) is 1. The van der Waals surface area contributed by atoms with Gasteiger partial charge in [0.1, 0.15) is 4.99 Å². The maximum Gasteiger partial charge on any atom is 0.311 e. The molecule has 0 bridgehead atoms. The van der Waals surface area contributed by atoms with Crippen molar-refractivity contribution in [1.29, 1.82) is 0 Å². The molecule has 0 aliphatic rings. The molecular formula is C12H16N2O3S. The van der Waals surface area contributed by atoms with Gasteiger partial charge >= 0.3 is 5.69 Å². The third-order valence-corrected chi connectivity index (χ3v) is 2.63. The number of nitro benzene ring substituents is 1. The van der Waals surface area contributed by atoms with Crippen molar-refractivity contribution in [2.45, 2.75) is 20.3 Å². The Morgan fingerprint density at radius 2 is 2.22 bits per heavy atom. The zero-order chi connectivity index (χ0) is 13.7. The molecule has 0 atom stereocenters. The second-order valence-electron chi connectivity index (χ2n) is 4.33. The summed E-state index contributed by atoms with van der Waals surface area (Å²) >= 11 is 4.79. The monoisotopic (exact) mass is 268 g/mol. The molecule has 0 radical (unpaired) electrons. The maximum atomic E-state index is 10.9. The van der Waals surface area contributed by atoms with Crippen molar-refractivity contribution in [2.24, 2.45) is 11.7 Å². The Kier molecular flexibility index (Phi) is 5.03. The first-order valence-electron chi connectivity index (χ1n) is 5.63. The van der Waals surface area contributed by atoms with Gasteiger partial charge in [-0.25, -0.2) is 0 Å². The third-order valence-electron chi connectivity index (χ3n) is 2.39. The van der Waals surface area contributed by atoms with Gasteiger partial charge in [-0.2, -0.15) is 0 Å². The zero-order valence-corrected chi connectivity index (χ0v) is 11.2.